The third kappa shape index (κ3) is 3.75. The summed E-state index contributed by atoms with van der Waals surface area (Å²) < 4.78 is 33.8. The highest BCUT2D eigenvalue weighted by Gasteiger charge is 2.33. The van der Waals surface area contributed by atoms with Gasteiger partial charge in [0.2, 0.25) is 21.7 Å². The molecule has 1 aliphatic heterocycles. The lowest BCUT2D eigenvalue weighted by Crippen LogP contribution is -2.38. The zero-order chi connectivity index (χ0) is 21.4. The third-order valence-corrected chi connectivity index (χ3v) is 7.85. The van der Waals surface area contributed by atoms with Gasteiger partial charge in [-0.05, 0) is 37.3 Å². The van der Waals surface area contributed by atoms with Crippen LogP contribution >= 0.6 is 0 Å². The third-order valence-electron chi connectivity index (χ3n) is 5.89. The van der Waals surface area contributed by atoms with E-state index in [0.717, 1.165) is 21.9 Å². The van der Waals surface area contributed by atoms with Crippen LogP contribution in [0.25, 0.3) is 22.2 Å². The number of nitrogens with zero attached hydrogens (tertiary/aromatic N) is 3. The Bertz CT molecular complexity index is 1330. The summed E-state index contributed by atoms with van der Waals surface area (Å²) in [5.74, 6) is 1.22. The van der Waals surface area contributed by atoms with Crippen molar-refractivity contribution in [2.24, 2.45) is 0 Å². The van der Waals surface area contributed by atoms with Crippen LogP contribution in [0.3, 0.4) is 0 Å². The maximum atomic E-state index is 13.3. The first-order valence-corrected chi connectivity index (χ1v) is 11.8. The number of hydrogen-bond acceptors (Lipinski definition) is 5. The minimum atomic E-state index is -3.57. The van der Waals surface area contributed by atoms with E-state index in [9.17, 15) is 8.42 Å². The molecule has 0 unspecified atom stereocenters. The Balaban J connectivity index is 1.33. The lowest BCUT2D eigenvalue weighted by atomic mass is 9.98. The number of sulfonamides is 1. The molecule has 5 rings (SSSR count). The first kappa shape index (κ1) is 19.9. The molecule has 0 spiro atoms. The van der Waals surface area contributed by atoms with Crippen LogP contribution in [0.5, 0.6) is 0 Å². The summed E-state index contributed by atoms with van der Waals surface area (Å²) >= 11 is 0. The summed E-state index contributed by atoms with van der Waals surface area (Å²) in [5, 5.41) is 5.81. The van der Waals surface area contributed by atoms with Gasteiger partial charge < -0.3 is 4.52 Å². The summed E-state index contributed by atoms with van der Waals surface area (Å²) in [4.78, 5) is 4.95. The van der Waals surface area contributed by atoms with E-state index < -0.39 is 10.0 Å². The standard InChI is InChI=1S/C24H23N3O3S/c1-17-6-4-9-20(16-17)23-25-24(30-26-23)19-12-14-27(15-13-19)31(28,29)22-11-5-8-18-7-2-3-10-21(18)22/h2-11,16,19H,12-15H2,1H3. The largest absolute Gasteiger partial charge is 0.339 e. The van der Waals surface area contributed by atoms with Crippen molar-refractivity contribution in [2.45, 2.75) is 30.6 Å². The fourth-order valence-corrected chi connectivity index (χ4v) is 5.89. The molecule has 7 heteroatoms. The molecule has 4 aromatic rings. The first-order chi connectivity index (χ1) is 15.0. The molecular weight excluding hydrogens is 410 g/mol. The summed E-state index contributed by atoms with van der Waals surface area (Å²) in [5.41, 5.74) is 2.06. The van der Waals surface area contributed by atoms with Crippen LogP contribution < -0.4 is 0 Å². The van der Waals surface area contributed by atoms with Crippen LogP contribution in [0.4, 0.5) is 0 Å². The molecule has 0 saturated carbocycles. The van der Waals surface area contributed by atoms with Crippen molar-refractivity contribution in [1.82, 2.24) is 14.4 Å². The van der Waals surface area contributed by atoms with Crippen LogP contribution in [-0.2, 0) is 10.0 Å². The fraction of sp³-hybridized carbons (Fsp3) is 0.250. The quantitative estimate of drug-likeness (QED) is 0.463. The summed E-state index contributed by atoms with van der Waals surface area (Å²) in [6.45, 7) is 2.88. The molecular formula is C24H23N3O3S. The van der Waals surface area contributed by atoms with Crippen LogP contribution in [0, 0.1) is 6.92 Å². The Kier molecular flexibility index (Phi) is 5.08. The van der Waals surface area contributed by atoms with Gasteiger partial charge in [-0.15, -0.1) is 0 Å². The molecule has 1 aliphatic rings. The smallest absolute Gasteiger partial charge is 0.243 e. The predicted octanol–water partition coefficient (Wildman–Crippen LogP) is 4.77. The van der Waals surface area contributed by atoms with E-state index >= 15 is 0 Å². The van der Waals surface area contributed by atoms with Crippen molar-refractivity contribution in [3.05, 3.63) is 78.2 Å². The maximum Gasteiger partial charge on any atom is 0.243 e. The average Bonchev–Trinajstić information content (AvgIpc) is 3.29. The Hall–Kier alpha value is -3.03. The highest BCUT2D eigenvalue weighted by atomic mass is 32.2. The molecule has 1 aromatic heterocycles. The van der Waals surface area contributed by atoms with Gasteiger partial charge in [0.1, 0.15) is 0 Å². The average molecular weight is 434 g/mol. The van der Waals surface area contributed by atoms with Gasteiger partial charge in [-0.2, -0.15) is 9.29 Å². The highest BCUT2D eigenvalue weighted by molar-refractivity contribution is 7.89. The molecule has 0 radical (unpaired) electrons. The van der Waals surface area contributed by atoms with Crippen LogP contribution in [0.15, 0.2) is 76.1 Å². The molecule has 0 bridgehead atoms. The van der Waals surface area contributed by atoms with E-state index in [1.807, 2.05) is 61.5 Å². The summed E-state index contributed by atoms with van der Waals surface area (Å²) in [6.07, 6.45) is 1.30. The molecule has 2 heterocycles. The van der Waals surface area contributed by atoms with Crippen molar-refractivity contribution in [2.75, 3.05) is 13.1 Å². The van der Waals surface area contributed by atoms with Crippen molar-refractivity contribution in [1.29, 1.82) is 0 Å². The Morgan fingerprint density at radius 1 is 0.968 bits per heavy atom. The van der Waals surface area contributed by atoms with Gasteiger partial charge in [-0.25, -0.2) is 8.42 Å². The van der Waals surface area contributed by atoms with Gasteiger partial charge in [0.05, 0.1) is 4.90 Å². The second-order valence-electron chi connectivity index (χ2n) is 7.98. The number of rotatable bonds is 4. The number of hydrogen-bond donors (Lipinski definition) is 0. The zero-order valence-electron chi connectivity index (χ0n) is 17.2. The number of benzene rings is 3. The van der Waals surface area contributed by atoms with E-state index in [-0.39, 0.29) is 5.92 Å². The first-order valence-electron chi connectivity index (χ1n) is 10.4. The minimum absolute atomic E-state index is 0.0602. The number of aryl methyl sites for hydroxylation is 1. The Labute approximate surface area is 181 Å². The van der Waals surface area contributed by atoms with Gasteiger partial charge in [0, 0.05) is 30.0 Å². The van der Waals surface area contributed by atoms with Gasteiger partial charge in [0.25, 0.3) is 0 Å². The van der Waals surface area contributed by atoms with E-state index in [4.69, 9.17) is 4.52 Å². The monoisotopic (exact) mass is 433 g/mol. The molecule has 158 valence electrons. The van der Waals surface area contributed by atoms with Gasteiger partial charge in [0.15, 0.2) is 0 Å². The molecule has 1 saturated heterocycles. The summed E-state index contributed by atoms with van der Waals surface area (Å²) in [7, 11) is -3.57. The van der Waals surface area contributed by atoms with E-state index in [2.05, 4.69) is 10.1 Å². The zero-order valence-corrected chi connectivity index (χ0v) is 18.0. The predicted molar refractivity (Wildman–Crippen MR) is 119 cm³/mol. The Morgan fingerprint density at radius 2 is 1.71 bits per heavy atom. The molecule has 0 N–H and O–H groups in total. The molecule has 6 nitrogen and oxygen atoms in total. The van der Waals surface area contributed by atoms with Gasteiger partial charge in [-0.3, -0.25) is 0 Å². The normalized spacial score (nSPS) is 16.0. The van der Waals surface area contributed by atoms with E-state index in [0.29, 0.717) is 42.5 Å². The fourth-order valence-electron chi connectivity index (χ4n) is 4.21. The van der Waals surface area contributed by atoms with Gasteiger partial charge >= 0.3 is 0 Å². The number of piperidine rings is 1. The lowest BCUT2D eigenvalue weighted by molar-refractivity contribution is 0.271. The van der Waals surface area contributed by atoms with Crippen molar-refractivity contribution >= 4 is 20.8 Å². The molecule has 31 heavy (non-hydrogen) atoms. The molecule has 3 aromatic carbocycles. The topological polar surface area (TPSA) is 76.3 Å². The molecule has 1 fully saturated rings. The highest BCUT2D eigenvalue weighted by Crippen LogP contribution is 2.33. The van der Waals surface area contributed by atoms with Crippen molar-refractivity contribution < 1.29 is 12.9 Å². The van der Waals surface area contributed by atoms with E-state index in [1.165, 1.54) is 0 Å². The van der Waals surface area contributed by atoms with Crippen molar-refractivity contribution in [3.63, 3.8) is 0 Å². The van der Waals surface area contributed by atoms with E-state index in [1.54, 1.807) is 16.4 Å². The van der Waals surface area contributed by atoms with Crippen LogP contribution in [0.1, 0.15) is 30.2 Å². The molecule has 0 amide bonds. The molecule has 0 atom stereocenters. The lowest BCUT2D eigenvalue weighted by Gasteiger charge is -2.29. The SMILES string of the molecule is Cc1cccc(-c2noc(C3CCN(S(=O)(=O)c4cccc5ccccc45)CC3)n2)c1. The summed E-state index contributed by atoms with van der Waals surface area (Å²) in [6, 6.07) is 21.0. The minimum Gasteiger partial charge on any atom is -0.339 e. The second-order valence-corrected chi connectivity index (χ2v) is 9.89. The number of fused-ring (bicyclic) bond motifs is 1. The maximum absolute atomic E-state index is 13.3. The number of aromatic nitrogens is 2. The van der Waals surface area contributed by atoms with Crippen molar-refractivity contribution in [3.8, 4) is 11.4 Å². The second kappa shape index (κ2) is 7.90. The van der Waals surface area contributed by atoms with Crippen LogP contribution in [0.2, 0.25) is 0 Å². The Morgan fingerprint density at radius 3 is 2.52 bits per heavy atom. The van der Waals surface area contributed by atoms with Gasteiger partial charge in [-0.1, -0.05) is 65.3 Å². The molecule has 0 aliphatic carbocycles. The van der Waals surface area contributed by atoms with Crippen LogP contribution in [-0.4, -0.2) is 36.0 Å².